The molecule has 85 heavy (non-hydrogen) atoms. The van der Waals surface area contributed by atoms with Gasteiger partial charge in [0.1, 0.15) is 48.2 Å². The SMILES string of the molecule is C=Cc1ccc2ccc([C@@H](C)OC(=O)[C@@H]3CCCN(C(=O)[C@H](C)NC(=O)[C@@H](NC(=O)[C@H](C)/C=C/C)C(C)C)N3)nc2c1.CC(C)[C@@H]1CC(=O)[C@H](C)/C=C/c2ccc3ccc(cc3c2)[C@@H](C)OC(=O)[C@@H]2CCCN(N2)C(=O)[C@H](C)NC1=O.ClCCCl. The van der Waals surface area contributed by atoms with Gasteiger partial charge in [-0.1, -0.05) is 121 Å². The average molecular weight is 1210 g/mol. The Morgan fingerprint density at radius 3 is 2.18 bits per heavy atom. The Balaban J connectivity index is 0.000000293. The largest absolute Gasteiger partial charge is 0.457 e. The number of esters is 2. The summed E-state index contributed by atoms with van der Waals surface area (Å²) < 4.78 is 11.5. The third kappa shape index (κ3) is 19.8. The lowest BCUT2D eigenvalue weighted by atomic mass is 9.86. The molecule has 3 aliphatic heterocycles. The van der Waals surface area contributed by atoms with Crippen molar-refractivity contribution in [2.24, 2.45) is 29.6 Å². The molecule has 10 atom stereocenters. The third-order valence-electron chi connectivity index (χ3n) is 15.1. The summed E-state index contributed by atoms with van der Waals surface area (Å²) in [5.74, 6) is -3.19. The quantitative estimate of drug-likeness (QED) is 0.0477. The number of nitrogens with one attached hydrogen (secondary N) is 5. The molecule has 0 unspecified atom stereocenters. The number of hydrogen-bond donors (Lipinski definition) is 5. The predicted molar refractivity (Wildman–Crippen MR) is 334 cm³/mol. The standard InChI is InChI=1S/C32H43N5O5.C31H39N3O5.C2H4Cl2/c1-8-11-20(5)29(38)35-28(19(3)4)30(39)33-21(6)31(40)37-17-10-12-26(36-37)32(41)42-22(7)25-16-15-24-14-13-23(9-2)18-27(24)34-25;1-18(2)26-17-28(35)19(3)8-9-22-10-11-23-12-13-24(16-25(23)15-22)21(5)39-31(38)27-7-6-14-34(33-27)30(37)20(4)32-29(26)36;3-1-2-4/h8-9,11,13-16,18-22,26,28,36H,2,10,12,17H2,1,3-7H3,(H,33,39)(H,35,38);8-13,15-16,18-21,26-27,33H,6-7,14,17H2,1-5H3,(H,32,36);1-2H2/b11-8+;9-8+;/t20-,21+,22-,26+,28+;19-,20+,21-,26+,27+;/m11./s1. The highest BCUT2D eigenvalue weighted by Crippen LogP contribution is 2.27. The first-order chi connectivity index (χ1) is 40.4. The lowest BCUT2D eigenvalue weighted by molar-refractivity contribution is -0.158. The maximum Gasteiger partial charge on any atom is 0.325 e. The predicted octanol–water partition coefficient (Wildman–Crippen LogP) is 9.64. The van der Waals surface area contributed by atoms with E-state index >= 15 is 0 Å². The molecule has 460 valence electrons. The monoisotopic (exact) mass is 1210 g/mol. The topological polar surface area (TPSA) is 235 Å². The zero-order valence-electron chi connectivity index (χ0n) is 50.9. The van der Waals surface area contributed by atoms with Crippen LogP contribution >= 0.6 is 23.2 Å². The molecule has 4 aromatic rings. The first kappa shape index (κ1) is 68.8. The number of cyclic esters (lactones) is 1. The van der Waals surface area contributed by atoms with Gasteiger partial charge in [0.05, 0.1) is 17.1 Å². The number of nitrogens with zero attached hydrogens (tertiary/aromatic N) is 3. The summed E-state index contributed by atoms with van der Waals surface area (Å²) in [6.45, 7) is 24.2. The molecule has 4 heterocycles. The molecule has 5 N–H and O–H groups in total. The first-order valence-corrected chi connectivity index (χ1v) is 30.5. The second-order valence-corrected chi connectivity index (χ2v) is 23.4. The van der Waals surface area contributed by atoms with E-state index in [1.54, 1.807) is 45.9 Å². The van der Waals surface area contributed by atoms with Crippen LogP contribution in [0.1, 0.15) is 143 Å². The van der Waals surface area contributed by atoms with Gasteiger partial charge in [0.25, 0.3) is 11.8 Å². The van der Waals surface area contributed by atoms with Crippen molar-refractivity contribution in [1.82, 2.24) is 41.8 Å². The van der Waals surface area contributed by atoms with Crippen molar-refractivity contribution in [2.75, 3.05) is 24.8 Å². The van der Waals surface area contributed by atoms with Crippen LogP contribution in [0.25, 0.3) is 33.8 Å². The van der Waals surface area contributed by atoms with Crippen LogP contribution in [-0.4, -0.2) is 117 Å². The normalized spacial score (nSPS) is 22.4. The molecule has 18 nitrogen and oxygen atoms in total. The number of aromatic nitrogens is 1. The molecule has 0 spiro atoms. The number of ketones is 1. The van der Waals surface area contributed by atoms with E-state index in [9.17, 15) is 38.4 Å². The van der Waals surface area contributed by atoms with Gasteiger partial charge in [-0.3, -0.25) is 48.4 Å². The molecule has 0 saturated carbocycles. The summed E-state index contributed by atoms with van der Waals surface area (Å²) in [4.78, 5) is 109. The van der Waals surface area contributed by atoms with Crippen molar-refractivity contribution in [3.63, 3.8) is 0 Å². The van der Waals surface area contributed by atoms with Crippen LogP contribution in [0.5, 0.6) is 0 Å². The van der Waals surface area contributed by atoms with Crippen molar-refractivity contribution in [3.8, 4) is 0 Å². The first-order valence-electron chi connectivity index (χ1n) is 29.4. The smallest absolute Gasteiger partial charge is 0.325 e. The van der Waals surface area contributed by atoms with Gasteiger partial charge in [-0.15, -0.1) is 23.2 Å². The van der Waals surface area contributed by atoms with E-state index in [1.165, 1.54) is 10.0 Å². The molecule has 2 saturated heterocycles. The van der Waals surface area contributed by atoms with Crippen LogP contribution in [0.4, 0.5) is 0 Å². The minimum Gasteiger partial charge on any atom is -0.457 e. The molecule has 0 aliphatic carbocycles. The van der Waals surface area contributed by atoms with Crippen molar-refractivity contribution in [1.29, 1.82) is 0 Å². The van der Waals surface area contributed by atoms with Gasteiger partial charge in [0, 0.05) is 48.5 Å². The van der Waals surface area contributed by atoms with Crippen molar-refractivity contribution >= 4 is 104 Å². The number of hydrazine groups is 2. The maximum absolute atomic E-state index is 13.2. The fraction of sp³-hybridized carbons (Fsp3) is 0.492. The molecular weight excluding hydrogens is 1120 g/mol. The Morgan fingerprint density at radius 2 is 1.51 bits per heavy atom. The van der Waals surface area contributed by atoms with Crippen molar-refractivity contribution < 1.29 is 47.8 Å². The number of carbonyl (C=O) groups excluding carboxylic acids is 8. The van der Waals surface area contributed by atoms with E-state index in [4.69, 9.17) is 32.7 Å². The number of amides is 5. The number of allylic oxidation sites excluding steroid dienone is 2. The van der Waals surface area contributed by atoms with Crippen molar-refractivity contribution in [2.45, 2.75) is 151 Å². The number of fused-ring (bicyclic) bond motifs is 5. The molecular formula is C65H86Cl2N8O10. The van der Waals surface area contributed by atoms with Crippen LogP contribution in [0, 0.1) is 29.6 Å². The third-order valence-corrected chi connectivity index (χ3v) is 15.7. The van der Waals surface area contributed by atoms with Crippen LogP contribution in [0.2, 0.25) is 0 Å². The molecule has 3 aliphatic rings. The molecule has 1 aromatic heterocycles. The number of Topliss-reactive ketones (excluding diaryl/α,β-unsaturated/α-hetero) is 1. The highest BCUT2D eigenvalue weighted by Gasteiger charge is 2.36. The number of carbonyl (C=O) groups is 8. The Kier molecular flexibility index (Phi) is 26.8. The molecule has 5 amide bonds. The summed E-state index contributed by atoms with van der Waals surface area (Å²) in [6, 6.07) is 17.7. The molecule has 0 radical (unpaired) electrons. The fourth-order valence-electron chi connectivity index (χ4n) is 9.82. The van der Waals surface area contributed by atoms with Gasteiger partial charge in [-0.25, -0.2) is 15.8 Å². The van der Waals surface area contributed by atoms with Crippen LogP contribution in [-0.2, 0) is 47.8 Å². The number of hydrogen-bond acceptors (Lipinski definition) is 13. The van der Waals surface area contributed by atoms with Crippen LogP contribution in [0.3, 0.4) is 0 Å². The molecule has 3 aromatic carbocycles. The highest BCUT2D eigenvalue weighted by atomic mass is 35.5. The maximum atomic E-state index is 13.2. The summed E-state index contributed by atoms with van der Waals surface area (Å²) in [6.07, 6.45) is 10.3. The average Bonchev–Trinajstić information content (AvgIpc) is 3.72. The lowest BCUT2D eigenvalue weighted by Gasteiger charge is -2.35. The summed E-state index contributed by atoms with van der Waals surface area (Å²) in [7, 11) is 0. The van der Waals surface area contributed by atoms with E-state index in [1.807, 2.05) is 127 Å². The Hall–Kier alpha value is -6.99. The second-order valence-electron chi connectivity index (χ2n) is 22.6. The van der Waals surface area contributed by atoms with E-state index in [0.29, 0.717) is 56.2 Å². The fourth-order valence-corrected chi connectivity index (χ4v) is 9.82. The Morgan fingerprint density at radius 1 is 0.824 bits per heavy atom. The number of alkyl halides is 2. The molecule has 5 bridgehead atoms. The van der Waals surface area contributed by atoms with E-state index in [-0.39, 0.29) is 59.5 Å². The van der Waals surface area contributed by atoms with Gasteiger partial charge in [-0.05, 0) is 124 Å². The van der Waals surface area contributed by atoms with Crippen LogP contribution < -0.4 is 26.8 Å². The molecule has 2 fully saturated rings. The molecule has 7 rings (SSSR count). The van der Waals surface area contributed by atoms with E-state index < -0.39 is 66.2 Å². The summed E-state index contributed by atoms with van der Waals surface area (Å²) >= 11 is 10.1. The number of ether oxygens (including phenoxy) is 2. The van der Waals surface area contributed by atoms with Gasteiger partial charge in [0.15, 0.2) is 0 Å². The second kappa shape index (κ2) is 33.1. The minimum absolute atomic E-state index is 0.0296. The van der Waals surface area contributed by atoms with Gasteiger partial charge < -0.3 is 25.4 Å². The zero-order chi connectivity index (χ0) is 62.7. The zero-order valence-corrected chi connectivity index (χ0v) is 52.4. The van der Waals surface area contributed by atoms with Crippen molar-refractivity contribution in [3.05, 3.63) is 114 Å². The van der Waals surface area contributed by atoms with Gasteiger partial charge >= 0.3 is 11.9 Å². The van der Waals surface area contributed by atoms with E-state index in [0.717, 1.165) is 38.4 Å². The van der Waals surface area contributed by atoms with Gasteiger partial charge in [0.2, 0.25) is 17.7 Å². The number of halogens is 2. The number of rotatable bonds is 13. The summed E-state index contributed by atoms with van der Waals surface area (Å²) in [5, 5.41) is 14.1. The van der Waals surface area contributed by atoms with Gasteiger partial charge in [-0.2, -0.15) is 0 Å². The lowest BCUT2D eigenvalue weighted by Crippen LogP contribution is -2.61. The van der Waals surface area contributed by atoms with Crippen LogP contribution in [0.15, 0.2) is 91.5 Å². The van der Waals surface area contributed by atoms with E-state index in [2.05, 4.69) is 38.4 Å². The highest BCUT2D eigenvalue weighted by molar-refractivity contribution is 6.26. The number of benzene rings is 3. The Labute approximate surface area is 510 Å². The minimum atomic E-state index is -0.882. The Bertz CT molecular complexity index is 3080. The summed E-state index contributed by atoms with van der Waals surface area (Å²) in [5.41, 5.74) is 10.1. The number of pyridine rings is 1. The molecule has 20 heteroatoms.